The zero-order valence-corrected chi connectivity index (χ0v) is 12.8. The summed E-state index contributed by atoms with van der Waals surface area (Å²) < 4.78 is 0. The zero-order valence-electron chi connectivity index (χ0n) is 12.8. The van der Waals surface area contributed by atoms with Crippen LogP contribution in [0.2, 0.25) is 0 Å². The maximum atomic E-state index is 12.5. The van der Waals surface area contributed by atoms with E-state index in [1.165, 1.54) is 70.8 Å². The predicted molar refractivity (Wildman–Crippen MR) is 81.6 cm³/mol. The summed E-state index contributed by atoms with van der Waals surface area (Å²) in [7, 11) is 0. The number of rotatable bonds is 4. The Kier molecular flexibility index (Phi) is 4.98. The second-order valence-electron chi connectivity index (χ2n) is 7.15. The first-order valence-corrected chi connectivity index (χ1v) is 8.87. The third-order valence-corrected chi connectivity index (χ3v) is 5.59. The highest BCUT2D eigenvalue weighted by molar-refractivity contribution is 5.82. The van der Waals surface area contributed by atoms with Gasteiger partial charge in [-0.3, -0.25) is 9.69 Å². The van der Waals surface area contributed by atoms with Gasteiger partial charge in [-0.15, -0.1) is 0 Å². The van der Waals surface area contributed by atoms with Crippen molar-refractivity contribution in [3.05, 3.63) is 0 Å². The van der Waals surface area contributed by atoms with Crippen LogP contribution in [0.25, 0.3) is 0 Å². The molecule has 1 aliphatic heterocycles. The van der Waals surface area contributed by atoms with E-state index < -0.39 is 0 Å². The van der Waals surface area contributed by atoms with E-state index >= 15 is 0 Å². The Morgan fingerprint density at radius 3 is 2.35 bits per heavy atom. The number of hydrogen-bond donors (Lipinski definition) is 1. The van der Waals surface area contributed by atoms with Crippen LogP contribution in [0.5, 0.6) is 0 Å². The molecular weight excluding hydrogens is 248 g/mol. The summed E-state index contributed by atoms with van der Waals surface area (Å²) in [6.45, 7) is 2.31. The van der Waals surface area contributed by atoms with Crippen LogP contribution in [0.3, 0.4) is 0 Å². The van der Waals surface area contributed by atoms with Crippen LogP contribution in [0.4, 0.5) is 0 Å². The number of hydrogen-bond acceptors (Lipinski definition) is 2. The van der Waals surface area contributed by atoms with E-state index in [9.17, 15) is 4.79 Å². The molecule has 3 nitrogen and oxygen atoms in total. The van der Waals surface area contributed by atoms with Crippen LogP contribution in [-0.4, -0.2) is 36.0 Å². The summed E-state index contributed by atoms with van der Waals surface area (Å²) in [6, 6.07) is 0.641. The summed E-state index contributed by atoms with van der Waals surface area (Å²) in [5.41, 5.74) is 0. The molecule has 0 unspecified atom stereocenters. The summed E-state index contributed by atoms with van der Waals surface area (Å²) in [6.07, 6.45) is 14.2. The van der Waals surface area contributed by atoms with Gasteiger partial charge in [0.25, 0.3) is 0 Å². The fourth-order valence-corrected chi connectivity index (χ4v) is 4.41. The number of carbonyl (C=O) groups is 1. The molecule has 0 aromatic carbocycles. The van der Waals surface area contributed by atoms with E-state index in [0.717, 1.165) is 18.9 Å². The minimum absolute atomic E-state index is 0.178. The fourth-order valence-electron chi connectivity index (χ4n) is 4.41. The molecule has 3 fully saturated rings. The molecule has 3 rings (SSSR count). The molecule has 0 radical (unpaired) electrons. The van der Waals surface area contributed by atoms with E-state index in [4.69, 9.17) is 0 Å². The van der Waals surface area contributed by atoms with E-state index in [1.807, 2.05) is 0 Å². The molecule has 3 aliphatic rings. The molecule has 20 heavy (non-hydrogen) atoms. The highest BCUT2D eigenvalue weighted by atomic mass is 16.2. The topological polar surface area (TPSA) is 32.3 Å². The van der Waals surface area contributed by atoms with Gasteiger partial charge in [0.1, 0.15) is 0 Å². The molecule has 2 aliphatic carbocycles. The summed E-state index contributed by atoms with van der Waals surface area (Å²) in [5.74, 6) is 1.19. The maximum Gasteiger partial charge on any atom is 0.237 e. The maximum absolute atomic E-state index is 12.5. The van der Waals surface area contributed by atoms with Crippen LogP contribution >= 0.6 is 0 Å². The molecule has 0 aromatic rings. The lowest BCUT2D eigenvalue weighted by Crippen LogP contribution is -2.48. The molecule has 0 aromatic heterocycles. The second kappa shape index (κ2) is 6.93. The van der Waals surface area contributed by atoms with Gasteiger partial charge in [-0.1, -0.05) is 32.1 Å². The quantitative estimate of drug-likeness (QED) is 0.857. The van der Waals surface area contributed by atoms with Gasteiger partial charge >= 0.3 is 0 Å². The molecular formula is C17H30N2O. The number of carbonyl (C=O) groups excluding carboxylic acids is 1. The predicted octanol–water partition coefficient (Wildman–Crippen LogP) is 3.09. The smallest absolute Gasteiger partial charge is 0.237 e. The zero-order chi connectivity index (χ0) is 13.8. The van der Waals surface area contributed by atoms with Crippen molar-refractivity contribution in [2.45, 2.75) is 82.7 Å². The Hall–Kier alpha value is -0.570. The van der Waals surface area contributed by atoms with Gasteiger partial charge in [-0.25, -0.2) is 0 Å². The minimum atomic E-state index is 0.178. The largest absolute Gasteiger partial charge is 0.352 e. The van der Waals surface area contributed by atoms with Crippen molar-refractivity contribution in [3.8, 4) is 0 Å². The lowest BCUT2D eigenvalue weighted by atomic mass is 9.95. The normalized spacial score (nSPS) is 29.9. The van der Waals surface area contributed by atoms with Gasteiger partial charge in [-0.05, 0) is 51.0 Å². The highest BCUT2D eigenvalue weighted by Crippen LogP contribution is 2.28. The first-order valence-electron chi connectivity index (χ1n) is 8.87. The van der Waals surface area contributed by atoms with Crippen molar-refractivity contribution in [1.82, 2.24) is 10.2 Å². The van der Waals surface area contributed by atoms with E-state index in [2.05, 4.69) is 10.2 Å². The molecule has 1 N–H and O–H groups in total. The number of likely N-dealkylation sites (tertiary alicyclic amines) is 1. The lowest BCUT2D eigenvalue weighted by Gasteiger charge is -2.29. The summed E-state index contributed by atoms with van der Waals surface area (Å²) in [4.78, 5) is 15.0. The average molecular weight is 278 g/mol. The third kappa shape index (κ3) is 3.55. The van der Waals surface area contributed by atoms with Gasteiger partial charge in [0.2, 0.25) is 5.91 Å². The molecule has 2 saturated carbocycles. The van der Waals surface area contributed by atoms with Gasteiger partial charge in [0.15, 0.2) is 0 Å². The molecule has 3 heteroatoms. The molecule has 1 atom stereocenters. The Morgan fingerprint density at radius 2 is 1.60 bits per heavy atom. The van der Waals surface area contributed by atoms with Crippen molar-refractivity contribution in [1.29, 1.82) is 0 Å². The Bertz CT molecular complexity index is 319. The van der Waals surface area contributed by atoms with Crippen LogP contribution in [0, 0.1) is 5.92 Å². The van der Waals surface area contributed by atoms with Gasteiger partial charge in [0, 0.05) is 12.6 Å². The van der Waals surface area contributed by atoms with E-state index in [1.54, 1.807) is 0 Å². The highest BCUT2D eigenvalue weighted by Gasteiger charge is 2.33. The average Bonchev–Trinajstić information content (AvgIpc) is 3.12. The van der Waals surface area contributed by atoms with Crippen LogP contribution in [-0.2, 0) is 4.79 Å². The molecule has 114 valence electrons. The molecule has 0 bridgehead atoms. The Morgan fingerprint density at radius 1 is 0.900 bits per heavy atom. The Balaban J connectivity index is 1.49. The third-order valence-electron chi connectivity index (χ3n) is 5.59. The molecule has 0 spiro atoms. The Labute approximate surface area is 123 Å². The lowest BCUT2D eigenvalue weighted by molar-refractivity contribution is -0.126. The van der Waals surface area contributed by atoms with Crippen molar-refractivity contribution in [2.75, 3.05) is 13.1 Å². The van der Waals surface area contributed by atoms with Crippen molar-refractivity contribution in [3.63, 3.8) is 0 Å². The van der Waals surface area contributed by atoms with E-state index in [0.29, 0.717) is 11.9 Å². The summed E-state index contributed by atoms with van der Waals surface area (Å²) >= 11 is 0. The second-order valence-corrected chi connectivity index (χ2v) is 7.15. The monoisotopic (exact) mass is 278 g/mol. The van der Waals surface area contributed by atoms with Crippen LogP contribution < -0.4 is 5.32 Å². The van der Waals surface area contributed by atoms with Crippen molar-refractivity contribution < 1.29 is 4.79 Å². The minimum Gasteiger partial charge on any atom is -0.352 e. The first-order chi connectivity index (χ1) is 9.83. The molecule has 1 heterocycles. The van der Waals surface area contributed by atoms with Crippen molar-refractivity contribution >= 4 is 5.91 Å². The summed E-state index contributed by atoms with van der Waals surface area (Å²) in [5, 5.41) is 3.34. The van der Waals surface area contributed by atoms with Gasteiger partial charge in [-0.2, -0.15) is 0 Å². The number of amides is 1. The van der Waals surface area contributed by atoms with Crippen LogP contribution in [0.15, 0.2) is 0 Å². The van der Waals surface area contributed by atoms with E-state index in [-0.39, 0.29) is 6.04 Å². The fraction of sp³-hybridized carbons (Fsp3) is 0.941. The SMILES string of the molecule is O=C(NC1CCCCC1)[C@H]1CCCN1CC1CCCC1. The first kappa shape index (κ1) is 14.4. The van der Waals surface area contributed by atoms with Crippen molar-refractivity contribution in [2.24, 2.45) is 5.92 Å². The molecule has 1 amide bonds. The molecule has 1 saturated heterocycles. The van der Waals surface area contributed by atoms with Crippen LogP contribution in [0.1, 0.15) is 70.6 Å². The standard InChI is InChI=1S/C17H30N2O/c20-17(18-15-9-2-1-3-10-15)16-11-6-12-19(16)13-14-7-4-5-8-14/h14-16H,1-13H2,(H,18,20)/t16-/m1/s1. The number of nitrogens with zero attached hydrogens (tertiary/aromatic N) is 1. The number of nitrogens with one attached hydrogen (secondary N) is 1. The van der Waals surface area contributed by atoms with Gasteiger partial charge in [0.05, 0.1) is 6.04 Å². The van der Waals surface area contributed by atoms with Gasteiger partial charge < -0.3 is 5.32 Å².